The minimum absolute atomic E-state index is 0.0994. The van der Waals surface area contributed by atoms with Gasteiger partial charge in [-0.15, -0.1) is 0 Å². The molecule has 1 unspecified atom stereocenters. The number of carbonyl (C=O) groups excluding carboxylic acids is 2. The monoisotopic (exact) mass is 375 g/mol. The summed E-state index contributed by atoms with van der Waals surface area (Å²) in [6.07, 6.45) is 9.00. The smallest absolute Gasteiger partial charge is 0.245 e. The molecule has 0 spiro atoms. The highest BCUT2D eigenvalue weighted by Crippen LogP contribution is 2.60. The van der Waals surface area contributed by atoms with E-state index in [1.165, 1.54) is 19.3 Å². The summed E-state index contributed by atoms with van der Waals surface area (Å²) in [6.45, 7) is 6.11. The molecule has 1 heterocycles. The molecule has 5 rings (SSSR count). The van der Waals surface area contributed by atoms with E-state index >= 15 is 0 Å². The molecule has 4 aliphatic carbocycles. The molecule has 5 heteroatoms. The molecule has 4 saturated carbocycles. The zero-order valence-electron chi connectivity index (χ0n) is 17.4. The van der Waals surface area contributed by atoms with Crippen LogP contribution in [0.15, 0.2) is 0 Å². The van der Waals surface area contributed by atoms with E-state index in [0.29, 0.717) is 19.0 Å². The second-order valence-corrected chi connectivity index (χ2v) is 10.9. The van der Waals surface area contributed by atoms with Gasteiger partial charge in [-0.1, -0.05) is 13.8 Å². The van der Waals surface area contributed by atoms with E-state index in [2.05, 4.69) is 13.8 Å². The lowest BCUT2D eigenvalue weighted by atomic mass is 9.49. The fourth-order valence-electron chi connectivity index (χ4n) is 6.98. The van der Waals surface area contributed by atoms with E-state index in [1.54, 1.807) is 0 Å². The van der Waals surface area contributed by atoms with Crippen LogP contribution in [0.4, 0.5) is 0 Å². The van der Waals surface area contributed by atoms with Gasteiger partial charge in [-0.25, -0.2) is 0 Å². The van der Waals surface area contributed by atoms with E-state index in [1.807, 2.05) is 16.8 Å². The number of carbonyl (C=O) groups is 2. The maximum absolute atomic E-state index is 13.7. The molecule has 1 aliphatic heterocycles. The summed E-state index contributed by atoms with van der Waals surface area (Å²) in [7, 11) is 1.87. The maximum Gasteiger partial charge on any atom is 0.245 e. The number of nitrogens with two attached hydrogens (primary N) is 1. The first-order chi connectivity index (χ1) is 12.7. The van der Waals surface area contributed by atoms with Crippen LogP contribution in [0, 0.1) is 28.6 Å². The zero-order chi connectivity index (χ0) is 19.4. The summed E-state index contributed by atoms with van der Waals surface area (Å²) in [5, 5.41) is 0. The van der Waals surface area contributed by atoms with Crippen molar-refractivity contribution in [3.8, 4) is 0 Å². The molecule has 1 atom stereocenters. The quantitative estimate of drug-likeness (QED) is 0.803. The summed E-state index contributed by atoms with van der Waals surface area (Å²) in [5.41, 5.74) is 5.61. The predicted octanol–water partition coefficient (Wildman–Crippen LogP) is 2.64. The SMILES string of the molecule is CN(CC(C)(C)CN)C(=O)C1CCCN1C(=O)C12CC3CC(CC(C3)C1)C2. The molecular weight excluding hydrogens is 338 g/mol. The van der Waals surface area contributed by atoms with E-state index < -0.39 is 0 Å². The van der Waals surface area contributed by atoms with Gasteiger partial charge in [-0.2, -0.15) is 0 Å². The molecule has 0 aromatic rings. The summed E-state index contributed by atoms with van der Waals surface area (Å²) in [5.74, 6) is 2.68. The van der Waals surface area contributed by atoms with Crippen LogP contribution in [-0.4, -0.2) is 54.3 Å². The fraction of sp³-hybridized carbons (Fsp3) is 0.909. The second kappa shape index (κ2) is 6.75. The van der Waals surface area contributed by atoms with Crippen LogP contribution in [0.2, 0.25) is 0 Å². The highest BCUT2D eigenvalue weighted by atomic mass is 16.2. The highest BCUT2D eigenvalue weighted by molar-refractivity contribution is 5.91. The third-order valence-corrected chi connectivity index (χ3v) is 7.88. The molecule has 5 fully saturated rings. The van der Waals surface area contributed by atoms with Crippen molar-refractivity contribution in [1.82, 2.24) is 9.80 Å². The third-order valence-electron chi connectivity index (χ3n) is 7.88. The standard InChI is InChI=1S/C22H37N3O2/c1-21(2,13-23)14-24(3)19(26)18-5-4-6-25(18)20(27)22-10-15-7-16(11-22)9-17(8-15)12-22/h15-18H,4-14,23H2,1-3H3. The lowest BCUT2D eigenvalue weighted by Gasteiger charge is -2.56. The number of hydrogen-bond donors (Lipinski definition) is 1. The Bertz CT molecular complexity index is 579. The van der Waals surface area contributed by atoms with Gasteiger partial charge in [0.25, 0.3) is 0 Å². The number of amides is 2. The Morgan fingerprint density at radius 1 is 1.11 bits per heavy atom. The first kappa shape index (κ1) is 19.2. The number of likely N-dealkylation sites (N-methyl/N-ethyl adjacent to an activating group) is 1. The second-order valence-electron chi connectivity index (χ2n) is 10.9. The van der Waals surface area contributed by atoms with Crippen LogP contribution < -0.4 is 5.73 Å². The van der Waals surface area contributed by atoms with Crippen molar-refractivity contribution in [1.29, 1.82) is 0 Å². The summed E-state index contributed by atoms with van der Waals surface area (Å²) >= 11 is 0. The molecule has 4 bridgehead atoms. The van der Waals surface area contributed by atoms with Crippen LogP contribution in [0.25, 0.3) is 0 Å². The topological polar surface area (TPSA) is 66.6 Å². The molecule has 5 nitrogen and oxygen atoms in total. The number of nitrogens with zero attached hydrogens (tertiary/aromatic N) is 2. The van der Waals surface area contributed by atoms with E-state index in [-0.39, 0.29) is 22.8 Å². The average molecular weight is 376 g/mol. The van der Waals surface area contributed by atoms with Gasteiger partial charge in [0.1, 0.15) is 6.04 Å². The Kier molecular flexibility index (Phi) is 4.81. The van der Waals surface area contributed by atoms with Crippen molar-refractivity contribution in [3.05, 3.63) is 0 Å². The minimum atomic E-state index is -0.260. The van der Waals surface area contributed by atoms with Crippen LogP contribution in [0.3, 0.4) is 0 Å². The molecule has 2 N–H and O–H groups in total. The van der Waals surface area contributed by atoms with E-state index in [4.69, 9.17) is 5.73 Å². The summed E-state index contributed by atoms with van der Waals surface area (Å²) < 4.78 is 0. The van der Waals surface area contributed by atoms with Crippen LogP contribution in [0.1, 0.15) is 65.2 Å². The fourth-order valence-corrected chi connectivity index (χ4v) is 6.98. The third kappa shape index (κ3) is 3.41. The lowest BCUT2D eigenvalue weighted by Crippen LogP contribution is -2.57. The molecule has 152 valence electrons. The van der Waals surface area contributed by atoms with Crippen molar-refractivity contribution in [2.45, 2.75) is 71.3 Å². The molecule has 0 aromatic heterocycles. The molecule has 1 saturated heterocycles. The number of hydrogen-bond acceptors (Lipinski definition) is 3. The van der Waals surface area contributed by atoms with Gasteiger partial charge in [0, 0.05) is 20.1 Å². The molecule has 5 aliphatic rings. The number of rotatable bonds is 5. The lowest BCUT2D eigenvalue weighted by molar-refractivity contribution is -0.162. The molecule has 0 aromatic carbocycles. The van der Waals surface area contributed by atoms with E-state index in [0.717, 1.165) is 56.4 Å². The van der Waals surface area contributed by atoms with Crippen molar-refractivity contribution < 1.29 is 9.59 Å². The Labute approximate surface area is 164 Å². The van der Waals surface area contributed by atoms with Crippen LogP contribution in [0.5, 0.6) is 0 Å². The van der Waals surface area contributed by atoms with Gasteiger partial charge in [-0.3, -0.25) is 9.59 Å². The van der Waals surface area contributed by atoms with Gasteiger partial charge in [0.15, 0.2) is 0 Å². The number of likely N-dealkylation sites (tertiary alicyclic amines) is 1. The zero-order valence-corrected chi connectivity index (χ0v) is 17.4. The largest absolute Gasteiger partial charge is 0.343 e. The van der Waals surface area contributed by atoms with Crippen LogP contribution in [-0.2, 0) is 9.59 Å². The van der Waals surface area contributed by atoms with Crippen molar-refractivity contribution in [2.24, 2.45) is 34.3 Å². The molecule has 27 heavy (non-hydrogen) atoms. The van der Waals surface area contributed by atoms with Crippen molar-refractivity contribution >= 4 is 11.8 Å². The Morgan fingerprint density at radius 3 is 2.19 bits per heavy atom. The summed E-state index contributed by atoms with van der Waals surface area (Å²) in [6, 6.07) is -0.260. The Balaban J connectivity index is 1.48. The van der Waals surface area contributed by atoms with Gasteiger partial charge in [0.05, 0.1) is 5.41 Å². The van der Waals surface area contributed by atoms with Crippen molar-refractivity contribution in [3.63, 3.8) is 0 Å². The average Bonchev–Trinajstić information content (AvgIpc) is 3.08. The first-order valence-electron chi connectivity index (χ1n) is 11.0. The highest BCUT2D eigenvalue weighted by Gasteiger charge is 2.57. The first-order valence-corrected chi connectivity index (χ1v) is 11.0. The molecule has 2 amide bonds. The maximum atomic E-state index is 13.7. The van der Waals surface area contributed by atoms with Gasteiger partial charge >= 0.3 is 0 Å². The van der Waals surface area contributed by atoms with E-state index in [9.17, 15) is 9.59 Å². The van der Waals surface area contributed by atoms with Gasteiger partial charge < -0.3 is 15.5 Å². The normalized spacial score (nSPS) is 37.7. The van der Waals surface area contributed by atoms with Crippen molar-refractivity contribution in [2.75, 3.05) is 26.7 Å². The molecule has 0 radical (unpaired) electrons. The minimum Gasteiger partial charge on any atom is -0.343 e. The molecular formula is C22H37N3O2. The van der Waals surface area contributed by atoms with Crippen LogP contribution >= 0.6 is 0 Å². The Hall–Kier alpha value is -1.10. The summed E-state index contributed by atoms with van der Waals surface area (Å²) in [4.78, 5) is 30.7. The Morgan fingerprint density at radius 2 is 1.67 bits per heavy atom. The van der Waals surface area contributed by atoms with Gasteiger partial charge in [-0.05, 0) is 81.1 Å². The van der Waals surface area contributed by atoms with Gasteiger partial charge in [0.2, 0.25) is 11.8 Å². The predicted molar refractivity (Wildman–Crippen MR) is 106 cm³/mol.